The summed E-state index contributed by atoms with van der Waals surface area (Å²) in [4.78, 5) is 23.4. The highest BCUT2D eigenvalue weighted by atomic mass is 19.1. The van der Waals surface area contributed by atoms with Crippen LogP contribution in [0, 0.1) is 28.9 Å². The molecule has 0 bridgehead atoms. The fourth-order valence-electron chi connectivity index (χ4n) is 5.07. The third-order valence-electron chi connectivity index (χ3n) is 7.18. The van der Waals surface area contributed by atoms with Crippen LogP contribution in [-0.2, 0) is 11.3 Å². The zero-order valence-corrected chi connectivity index (χ0v) is 21.4. The zero-order valence-electron chi connectivity index (χ0n) is 21.4. The van der Waals surface area contributed by atoms with Crippen LogP contribution >= 0.6 is 0 Å². The number of fused-ring (bicyclic) bond motifs is 1. The Labute approximate surface area is 228 Å². The first-order chi connectivity index (χ1) is 19.4. The maximum Gasteiger partial charge on any atom is 0.264 e. The number of nitrogens with two attached hydrogens (primary N) is 1. The van der Waals surface area contributed by atoms with E-state index in [0.717, 1.165) is 25.7 Å². The van der Waals surface area contributed by atoms with Crippen molar-refractivity contribution in [3.63, 3.8) is 0 Å². The van der Waals surface area contributed by atoms with Crippen molar-refractivity contribution in [1.29, 1.82) is 5.26 Å². The number of carbonyl (C=O) groups excluding carboxylic acids is 1. The molecule has 0 spiro atoms. The number of nitrogen functional groups attached to an aromatic ring is 1. The predicted molar refractivity (Wildman–Crippen MR) is 143 cm³/mol. The van der Waals surface area contributed by atoms with Gasteiger partial charge in [0.15, 0.2) is 5.65 Å². The third kappa shape index (κ3) is 4.96. The molecule has 2 aromatic heterocycles. The van der Waals surface area contributed by atoms with Crippen LogP contribution < -0.4 is 10.5 Å². The van der Waals surface area contributed by atoms with E-state index in [1.807, 2.05) is 0 Å². The molecule has 1 amide bonds. The molecule has 2 fully saturated rings. The number of carbonyl (C=O) groups is 1. The number of likely N-dealkylation sites (tertiary alicyclic amines) is 1. The minimum atomic E-state index is -0.620. The van der Waals surface area contributed by atoms with E-state index < -0.39 is 11.6 Å². The Morgan fingerprint density at radius 2 is 1.98 bits per heavy atom. The quantitative estimate of drug-likeness (QED) is 0.258. The first-order valence-corrected chi connectivity index (χ1v) is 13.0. The molecule has 3 heterocycles. The van der Waals surface area contributed by atoms with E-state index in [1.54, 1.807) is 27.8 Å². The second-order valence-corrected chi connectivity index (χ2v) is 10.0. The number of anilines is 1. The van der Waals surface area contributed by atoms with E-state index in [1.165, 1.54) is 36.7 Å². The number of nitriles is 1. The molecule has 6 rings (SSSR count). The molecule has 2 aliphatic rings. The number of ether oxygens (including phenoxy) is 1. The number of hydrogen-bond acceptors (Lipinski definition) is 7. The highest BCUT2D eigenvalue weighted by Crippen LogP contribution is 2.35. The van der Waals surface area contributed by atoms with Gasteiger partial charge in [-0.15, -0.1) is 0 Å². The molecule has 9 nitrogen and oxygen atoms in total. The van der Waals surface area contributed by atoms with Crippen molar-refractivity contribution < 1.29 is 18.3 Å². The molecule has 2 N–H and O–H groups in total. The average Bonchev–Trinajstić information content (AvgIpc) is 3.51. The Morgan fingerprint density at radius 3 is 2.73 bits per heavy atom. The lowest BCUT2D eigenvalue weighted by Gasteiger charge is -2.24. The number of aromatic nitrogens is 4. The molecular formula is C29H25F2N7O2. The highest BCUT2D eigenvalue weighted by Gasteiger charge is 2.33. The van der Waals surface area contributed by atoms with Gasteiger partial charge in [-0.05, 0) is 55.9 Å². The largest absolute Gasteiger partial charge is 0.457 e. The number of hydrogen-bond donors (Lipinski definition) is 1. The number of benzene rings is 2. The SMILES string of the molecule is N#CC(=CC1CC1)C(=O)N1CCC[C@H]1Cn1nc(-c2ccc(Oc3cccc(F)c3)cc2F)c2c(N)ncnc21. The van der Waals surface area contributed by atoms with Gasteiger partial charge >= 0.3 is 0 Å². The van der Waals surface area contributed by atoms with E-state index in [9.17, 15) is 14.4 Å². The Hall–Kier alpha value is -4.85. The monoisotopic (exact) mass is 541 g/mol. The van der Waals surface area contributed by atoms with Gasteiger partial charge in [0, 0.05) is 24.2 Å². The molecule has 202 valence electrons. The molecule has 1 saturated carbocycles. The smallest absolute Gasteiger partial charge is 0.264 e. The van der Waals surface area contributed by atoms with Gasteiger partial charge in [-0.2, -0.15) is 10.4 Å². The van der Waals surface area contributed by atoms with Gasteiger partial charge in [-0.25, -0.2) is 23.4 Å². The van der Waals surface area contributed by atoms with Crippen molar-refractivity contribution in [2.75, 3.05) is 12.3 Å². The number of amides is 1. The summed E-state index contributed by atoms with van der Waals surface area (Å²) in [5.74, 6) is -0.490. The van der Waals surface area contributed by atoms with Crippen LogP contribution in [0.15, 0.2) is 60.4 Å². The predicted octanol–water partition coefficient (Wildman–Crippen LogP) is 5.00. The molecule has 1 saturated heterocycles. The van der Waals surface area contributed by atoms with Crippen LogP contribution in [0.2, 0.25) is 0 Å². The van der Waals surface area contributed by atoms with E-state index in [4.69, 9.17) is 10.5 Å². The fraction of sp³-hybridized carbons (Fsp3) is 0.276. The van der Waals surface area contributed by atoms with Crippen LogP contribution in [0.25, 0.3) is 22.3 Å². The molecular weight excluding hydrogens is 516 g/mol. The first-order valence-electron chi connectivity index (χ1n) is 13.0. The summed E-state index contributed by atoms with van der Waals surface area (Å²) in [7, 11) is 0. The molecule has 40 heavy (non-hydrogen) atoms. The van der Waals surface area contributed by atoms with E-state index in [2.05, 4.69) is 21.1 Å². The maximum absolute atomic E-state index is 15.4. The first kappa shape index (κ1) is 25.4. The fourth-order valence-corrected chi connectivity index (χ4v) is 5.07. The summed E-state index contributed by atoms with van der Waals surface area (Å²) in [6.45, 7) is 0.834. The van der Waals surface area contributed by atoms with Crippen LogP contribution in [0.4, 0.5) is 14.6 Å². The summed E-state index contributed by atoms with van der Waals surface area (Å²) >= 11 is 0. The summed E-state index contributed by atoms with van der Waals surface area (Å²) < 4.78 is 36.2. The second kappa shape index (κ2) is 10.4. The molecule has 4 aromatic rings. The second-order valence-electron chi connectivity index (χ2n) is 10.0. The van der Waals surface area contributed by atoms with Crippen molar-refractivity contribution in [3.8, 4) is 28.8 Å². The minimum absolute atomic E-state index is 0.143. The van der Waals surface area contributed by atoms with Gasteiger partial charge in [-0.3, -0.25) is 4.79 Å². The lowest BCUT2D eigenvalue weighted by molar-refractivity contribution is -0.127. The van der Waals surface area contributed by atoms with Gasteiger partial charge in [0.25, 0.3) is 5.91 Å². The Balaban J connectivity index is 1.31. The Morgan fingerprint density at radius 1 is 1.15 bits per heavy atom. The van der Waals surface area contributed by atoms with Crippen molar-refractivity contribution in [2.45, 2.75) is 38.3 Å². The molecule has 2 aromatic carbocycles. The number of nitrogens with zero attached hydrogens (tertiary/aromatic N) is 6. The van der Waals surface area contributed by atoms with Gasteiger partial charge in [0.1, 0.15) is 52.6 Å². The van der Waals surface area contributed by atoms with Crippen molar-refractivity contribution >= 4 is 22.8 Å². The zero-order chi connectivity index (χ0) is 27.8. The number of halogens is 2. The summed E-state index contributed by atoms with van der Waals surface area (Å²) in [5, 5.41) is 14.6. The minimum Gasteiger partial charge on any atom is -0.457 e. The van der Waals surface area contributed by atoms with E-state index >= 15 is 4.39 Å². The van der Waals surface area contributed by atoms with Crippen LogP contribution in [0.5, 0.6) is 11.5 Å². The highest BCUT2D eigenvalue weighted by molar-refractivity contribution is 5.99. The molecule has 0 radical (unpaired) electrons. The standard InChI is InChI=1S/C29H25F2N7O2/c30-19-3-1-5-21(12-19)40-22-8-9-23(24(31)13-22)26-25-27(33)34-16-35-28(25)38(36-26)15-20-4-2-10-37(20)29(39)18(14-32)11-17-6-7-17/h1,3,5,8-9,11-13,16-17,20H,2,4,6-7,10,15H2,(H2,33,34,35)/t20-/m0/s1. The molecule has 0 unspecified atom stereocenters. The van der Waals surface area contributed by atoms with Crippen LogP contribution in [0.1, 0.15) is 25.7 Å². The summed E-state index contributed by atoms with van der Waals surface area (Å²) in [5.41, 5.74) is 7.21. The third-order valence-corrected chi connectivity index (χ3v) is 7.18. The summed E-state index contributed by atoms with van der Waals surface area (Å²) in [6, 6.07) is 11.7. The molecule has 11 heteroatoms. The number of rotatable bonds is 7. The van der Waals surface area contributed by atoms with Crippen molar-refractivity contribution in [2.24, 2.45) is 5.92 Å². The number of allylic oxidation sites excluding steroid dienone is 1. The van der Waals surface area contributed by atoms with E-state index in [-0.39, 0.29) is 46.1 Å². The maximum atomic E-state index is 15.4. The average molecular weight is 542 g/mol. The summed E-state index contributed by atoms with van der Waals surface area (Å²) in [6.07, 6.45) is 6.61. The Bertz CT molecular complexity index is 1690. The topological polar surface area (TPSA) is 123 Å². The lowest BCUT2D eigenvalue weighted by atomic mass is 10.1. The molecule has 1 aliphatic carbocycles. The Kier molecular flexibility index (Phi) is 6.59. The van der Waals surface area contributed by atoms with Gasteiger partial charge in [-0.1, -0.05) is 12.1 Å². The van der Waals surface area contributed by atoms with Crippen LogP contribution in [-0.4, -0.2) is 43.1 Å². The van der Waals surface area contributed by atoms with Gasteiger partial charge < -0.3 is 15.4 Å². The van der Waals surface area contributed by atoms with Crippen molar-refractivity contribution in [1.82, 2.24) is 24.6 Å². The van der Waals surface area contributed by atoms with Gasteiger partial charge in [0.05, 0.1) is 18.0 Å². The molecule has 1 aliphatic heterocycles. The van der Waals surface area contributed by atoms with Crippen molar-refractivity contribution in [3.05, 3.63) is 72.1 Å². The normalized spacial score (nSPS) is 17.3. The van der Waals surface area contributed by atoms with E-state index in [0.29, 0.717) is 30.0 Å². The van der Waals surface area contributed by atoms with Gasteiger partial charge in [0.2, 0.25) is 0 Å². The van der Waals surface area contributed by atoms with Crippen LogP contribution in [0.3, 0.4) is 0 Å². The molecule has 1 atom stereocenters. The lowest BCUT2D eigenvalue weighted by Crippen LogP contribution is -2.39.